The van der Waals surface area contributed by atoms with Gasteiger partial charge in [0.05, 0.1) is 53.5 Å². The highest BCUT2D eigenvalue weighted by Gasteiger charge is 2.34. The fraction of sp³-hybridized carbons (Fsp3) is 0.227. The molecule has 8 rings (SSSR count). The van der Waals surface area contributed by atoms with Gasteiger partial charge in [-0.25, -0.2) is 9.78 Å². The lowest BCUT2D eigenvalue weighted by molar-refractivity contribution is -0.116. The number of carbonyl (C=O) groups excluding carboxylic acids is 5. The molecule has 6 aromatic rings. The van der Waals surface area contributed by atoms with Gasteiger partial charge >= 0.3 is 5.97 Å². The monoisotopic (exact) mass is 854 g/mol. The van der Waals surface area contributed by atoms with Crippen molar-refractivity contribution in [3.63, 3.8) is 0 Å². The van der Waals surface area contributed by atoms with Crippen molar-refractivity contribution in [1.29, 1.82) is 0 Å². The third-order valence-electron chi connectivity index (χ3n) is 10.7. The van der Waals surface area contributed by atoms with E-state index >= 15 is 0 Å². The molecular weight excluding hydrogens is 813 g/mol. The molecule has 4 amide bonds. The van der Waals surface area contributed by atoms with Crippen molar-refractivity contribution in [2.24, 2.45) is 26.1 Å². The van der Waals surface area contributed by atoms with Crippen LogP contribution in [0.3, 0.4) is 0 Å². The smallest absolute Gasteiger partial charge is 0.335 e. The van der Waals surface area contributed by atoms with Crippen molar-refractivity contribution >= 4 is 75.5 Å². The molecule has 63 heavy (non-hydrogen) atoms. The van der Waals surface area contributed by atoms with E-state index in [9.17, 15) is 33.9 Å². The second-order valence-electron chi connectivity index (χ2n) is 15.2. The molecule has 19 nitrogen and oxygen atoms in total. The fourth-order valence-corrected chi connectivity index (χ4v) is 7.63. The summed E-state index contributed by atoms with van der Waals surface area (Å²) in [5.74, 6) is -2.11. The summed E-state index contributed by atoms with van der Waals surface area (Å²) in [7, 11) is 6.39. The molecule has 2 aliphatic heterocycles. The average molecular weight is 855 g/mol. The lowest BCUT2D eigenvalue weighted by atomic mass is 10.1. The first-order valence-electron chi connectivity index (χ1n) is 19.7. The summed E-state index contributed by atoms with van der Waals surface area (Å²) in [6.45, 7) is 4.65. The zero-order chi connectivity index (χ0) is 44.7. The van der Waals surface area contributed by atoms with Crippen LogP contribution in [0.2, 0.25) is 0 Å². The van der Waals surface area contributed by atoms with Gasteiger partial charge in [0.1, 0.15) is 11.4 Å². The fourth-order valence-electron chi connectivity index (χ4n) is 7.63. The van der Waals surface area contributed by atoms with Gasteiger partial charge in [-0.2, -0.15) is 0 Å². The molecule has 19 heteroatoms. The molecule has 1 unspecified atom stereocenters. The summed E-state index contributed by atoms with van der Waals surface area (Å²) in [5, 5.41) is 18.1. The highest BCUT2D eigenvalue weighted by molar-refractivity contribution is 6.08. The first kappa shape index (κ1) is 41.5. The molecule has 6 heterocycles. The highest BCUT2D eigenvalue weighted by Crippen LogP contribution is 2.38. The lowest BCUT2D eigenvalue weighted by Crippen LogP contribution is -2.35. The number of carbonyl (C=O) groups is 6. The van der Waals surface area contributed by atoms with Crippen LogP contribution < -0.4 is 25.4 Å². The Kier molecular flexibility index (Phi) is 11.0. The van der Waals surface area contributed by atoms with Crippen LogP contribution in [0, 0.1) is 0 Å². The Morgan fingerprint density at radius 2 is 1.60 bits per heavy atom. The molecule has 1 fully saturated rings. The minimum Gasteiger partial charge on any atom is -0.493 e. The number of rotatable bonds is 13. The van der Waals surface area contributed by atoms with E-state index in [1.54, 1.807) is 79.7 Å². The first-order chi connectivity index (χ1) is 30.2. The number of aromatic carboxylic acids is 1. The predicted molar refractivity (Wildman–Crippen MR) is 232 cm³/mol. The number of methoxy groups -OCH3 is 1. The first-order valence-corrected chi connectivity index (χ1v) is 19.7. The van der Waals surface area contributed by atoms with E-state index in [4.69, 9.17) is 9.47 Å². The van der Waals surface area contributed by atoms with Gasteiger partial charge in [-0.3, -0.25) is 33.5 Å². The number of hydrogen-bond acceptors (Lipinski definition) is 10. The predicted octanol–water partition coefficient (Wildman–Crippen LogP) is 5.24. The second-order valence-corrected chi connectivity index (χ2v) is 15.2. The zero-order valence-corrected chi connectivity index (χ0v) is 34.7. The largest absolute Gasteiger partial charge is 0.493 e. The Balaban J connectivity index is 0.837. The van der Waals surface area contributed by atoms with Crippen LogP contribution in [-0.4, -0.2) is 101 Å². The SMILES string of the molecule is C=C1CC2C=Nc3cc(OCCCC(=O)Nc4cn(C)c(C(=O)Nc5cc(C(=O)Nc6cc(C(=O)n7ccc8cc(C(=O)O)ccc87)n(C)c6)n(C)c5)n4)c(OC)cc3C(=O)N2C1. The third kappa shape index (κ3) is 8.30. The van der Waals surface area contributed by atoms with Crippen LogP contribution in [0.5, 0.6) is 11.5 Å². The van der Waals surface area contributed by atoms with Gasteiger partial charge in [0.15, 0.2) is 17.3 Å². The number of carboxylic acids is 1. The summed E-state index contributed by atoms with van der Waals surface area (Å²) in [4.78, 5) is 88.2. The van der Waals surface area contributed by atoms with Crippen molar-refractivity contribution in [3.8, 4) is 11.5 Å². The van der Waals surface area contributed by atoms with Crippen molar-refractivity contribution in [2.75, 3.05) is 36.2 Å². The van der Waals surface area contributed by atoms with Crippen LogP contribution in [0.4, 0.5) is 22.9 Å². The number of fused-ring (bicyclic) bond motifs is 3. The van der Waals surface area contributed by atoms with Crippen molar-refractivity contribution in [2.45, 2.75) is 25.3 Å². The van der Waals surface area contributed by atoms with Gasteiger partial charge in [0, 0.05) is 76.6 Å². The molecule has 0 radical (unpaired) electrons. The number of carboxylic acid groups (broad SMARTS) is 1. The molecule has 4 N–H and O–H groups in total. The Morgan fingerprint density at radius 1 is 0.873 bits per heavy atom. The summed E-state index contributed by atoms with van der Waals surface area (Å²) in [5.41, 5.74) is 3.63. The van der Waals surface area contributed by atoms with Gasteiger partial charge in [0.25, 0.3) is 23.6 Å². The topological polar surface area (TPSA) is 225 Å². The van der Waals surface area contributed by atoms with Crippen molar-refractivity contribution in [3.05, 3.63) is 114 Å². The van der Waals surface area contributed by atoms with Gasteiger partial charge in [0.2, 0.25) is 11.7 Å². The Labute approximate surface area is 359 Å². The number of ether oxygens (including phenoxy) is 2. The number of nitrogens with zero attached hydrogens (tertiary/aromatic N) is 7. The molecule has 2 aliphatic rings. The number of nitrogens with one attached hydrogen (secondary N) is 3. The second kappa shape index (κ2) is 16.7. The van der Waals surface area contributed by atoms with E-state index in [1.165, 1.54) is 51.3 Å². The van der Waals surface area contributed by atoms with Crippen LogP contribution >= 0.6 is 0 Å². The van der Waals surface area contributed by atoms with E-state index < -0.39 is 17.8 Å². The molecule has 0 spiro atoms. The Hall–Kier alpha value is -8.22. The maximum absolute atomic E-state index is 13.5. The highest BCUT2D eigenvalue weighted by atomic mass is 16.5. The molecule has 322 valence electrons. The van der Waals surface area contributed by atoms with Crippen LogP contribution in [0.25, 0.3) is 10.9 Å². The number of amides is 4. The van der Waals surface area contributed by atoms with Crippen molar-refractivity contribution in [1.82, 2.24) is 28.2 Å². The summed E-state index contributed by atoms with van der Waals surface area (Å²) < 4.78 is 17.4. The zero-order valence-electron chi connectivity index (χ0n) is 34.7. The summed E-state index contributed by atoms with van der Waals surface area (Å²) in [6.07, 6.45) is 9.04. The van der Waals surface area contributed by atoms with Crippen LogP contribution in [-0.2, 0) is 25.9 Å². The van der Waals surface area contributed by atoms with Gasteiger partial charge in [-0.05, 0) is 55.3 Å². The molecule has 0 saturated carbocycles. The Morgan fingerprint density at radius 3 is 2.35 bits per heavy atom. The van der Waals surface area contributed by atoms with Gasteiger partial charge in [-0.15, -0.1) is 0 Å². The third-order valence-corrected chi connectivity index (χ3v) is 10.7. The molecular formula is C44H42N10O9. The quantitative estimate of drug-likeness (QED) is 0.0874. The molecule has 0 bridgehead atoms. The standard InChI is InChI=1S/C44H42N10O9/c1-24-13-29-19-45-31-18-36(35(62-5)17-30(31)42(58)54(29)20-24)63-12-6-7-38(55)48-37-23-52(4)39(49-37)41(57)47-27-15-33(50(2)21-27)40(56)46-28-16-34(51(3)22-28)43(59)53-11-10-25-14-26(44(60)61)8-9-32(25)53/h8-11,14-19,21-23,29H,1,6-7,12-13,20H2,2-5H3,(H,46,56)(H,47,57)(H,48,55)(H,60,61). The average Bonchev–Trinajstić information content (AvgIpc) is 4.07. The molecule has 1 saturated heterocycles. The Bertz CT molecular complexity index is 2930. The number of hydrogen-bond donors (Lipinski definition) is 4. The number of anilines is 3. The van der Waals surface area contributed by atoms with E-state index in [0.29, 0.717) is 64.4 Å². The number of imidazole rings is 1. The number of aliphatic imine (C=N–C) groups is 1. The normalized spacial score (nSPS) is 14.3. The van der Waals surface area contributed by atoms with Gasteiger partial charge < -0.3 is 49.1 Å². The maximum Gasteiger partial charge on any atom is 0.335 e. The van der Waals surface area contributed by atoms with E-state index in [1.807, 2.05) is 0 Å². The van der Waals surface area contributed by atoms with E-state index in [2.05, 4.69) is 32.5 Å². The van der Waals surface area contributed by atoms with Crippen molar-refractivity contribution < 1.29 is 43.3 Å². The minimum atomic E-state index is -1.07. The lowest BCUT2D eigenvalue weighted by Gasteiger charge is -2.20. The van der Waals surface area contributed by atoms with Crippen LogP contribution in [0.1, 0.15) is 71.6 Å². The maximum atomic E-state index is 13.5. The van der Waals surface area contributed by atoms with E-state index in [-0.39, 0.29) is 65.4 Å². The molecule has 1 atom stereocenters. The number of aryl methyl sites for hydroxylation is 3. The molecule has 4 aromatic heterocycles. The number of benzene rings is 2. The number of aromatic nitrogens is 5. The minimum absolute atomic E-state index is 0.00424. The molecule has 2 aromatic carbocycles. The van der Waals surface area contributed by atoms with Crippen LogP contribution in [0.15, 0.2) is 90.5 Å². The summed E-state index contributed by atoms with van der Waals surface area (Å²) in [6, 6.07) is 12.3. The molecule has 0 aliphatic carbocycles. The summed E-state index contributed by atoms with van der Waals surface area (Å²) >= 11 is 0. The van der Waals surface area contributed by atoms with Gasteiger partial charge in [-0.1, -0.05) is 12.2 Å². The van der Waals surface area contributed by atoms with E-state index in [0.717, 1.165) is 5.57 Å².